The van der Waals surface area contributed by atoms with Gasteiger partial charge in [-0.05, 0) is 55.5 Å². The molecular formula is C26H33N3O5S. The quantitative estimate of drug-likeness (QED) is 0.477. The van der Waals surface area contributed by atoms with E-state index in [0.717, 1.165) is 50.0 Å². The minimum atomic E-state index is -3.51. The third-order valence-electron chi connectivity index (χ3n) is 6.29. The van der Waals surface area contributed by atoms with Gasteiger partial charge in [-0.15, -0.1) is 0 Å². The predicted octanol–water partition coefficient (Wildman–Crippen LogP) is 3.50. The first-order valence-corrected chi connectivity index (χ1v) is 13.6. The molecule has 0 aromatic heterocycles. The molecule has 2 aliphatic heterocycles. The van der Waals surface area contributed by atoms with Crippen LogP contribution in [-0.2, 0) is 26.1 Å². The molecule has 2 heterocycles. The first-order valence-electron chi connectivity index (χ1n) is 12.2. The molecule has 8 nitrogen and oxygen atoms in total. The van der Waals surface area contributed by atoms with Crippen LogP contribution in [0, 0.1) is 0 Å². The molecule has 1 amide bonds. The van der Waals surface area contributed by atoms with Gasteiger partial charge in [-0.2, -0.15) is 0 Å². The number of amidine groups is 1. The normalized spacial score (nSPS) is 19.3. The first kappa shape index (κ1) is 25.2. The number of ether oxygens (including phenoxy) is 2. The molecule has 0 spiro atoms. The van der Waals surface area contributed by atoms with Gasteiger partial charge >= 0.3 is 0 Å². The van der Waals surface area contributed by atoms with Crippen molar-refractivity contribution in [2.75, 3.05) is 26.8 Å². The molecule has 0 aliphatic carbocycles. The van der Waals surface area contributed by atoms with E-state index in [-0.39, 0.29) is 16.9 Å². The van der Waals surface area contributed by atoms with E-state index < -0.39 is 10.0 Å². The van der Waals surface area contributed by atoms with Crippen LogP contribution in [0.3, 0.4) is 0 Å². The van der Waals surface area contributed by atoms with Gasteiger partial charge in [0.15, 0.2) is 0 Å². The zero-order valence-corrected chi connectivity index (χ0v) is 20.9. The Labute approximate surface area is 207 Å². The molecule has 1 atom stereocenters. The number of methoxy groups -OCH3 is 1. The second-order valence-corrected chi connectivity index (χ2v) is 10.6. The second-order valence-electron chi connectivity index (χ2n) is 8.90. The third kappa shape index (κ3) is 6.61. The number of hydrogen-bond donors (Lipinski definition) is 1. The Kier molecular flexibility index (Phi) is 8.41. The smallest absolute Gasteiger partial charge is 0.263 e. The number of nitrogens with zero attached hydrogens (tertiary/aromatic N) is 2. The standard InChI is InChI=1S/C26H33N3O5S/c1-33-21-10-7-9-20(17-21)18-29(19-22-11-8-16-34-22)25(30)14-3-2-6-15-27-26-23-12-4-5-13-24(23)35(31,32)28-26/h4-5,7,9-10,12-13,17,22H,2-3,6,8,11,14-16,18-19H2,1H3,(H,27,28). The number of hydrogen-bond acceptors (Lipinski definition) is 6. The molecule has 4 rings (SSSR count). The predicted molar refractivity (Wildman–Crippen MR) is 134 cm³/mol. The lowest BCUT2D eigenvalue weighted by Gasteiger charge is -2.26. The van der Waals surface area contributed by atoms with Crippen molar-refractivity contribution in [3.63, 3.8) is 0 Å². The molecule has 1 N–H and O–H groups in total. The monoisotopic (exact) mass is 499 g/mol. The van der Waals surface area contributed by atoms with Gasteiger partial charge in [-0.3, -0.25) is 14.5 Å². The lowest BCUT2D eigenvalue weighted by atomic mass is 10.1. The molecule has 35 heavy (non-hydrogen) atoms. The summed E-state index contributed by atoms with van der Waals surface area (Å²) in [5.74, 6) is 1.30. The average molecular weight is 500 g/mol. The van der Waals surface area contributed by atoms with Crippen molar-refractivity contribution < 1.29 is 22.7 Å². The molecule has 0 bridgehead atoms. The number of aliphatic imine (C=N–C) groups is 1. The van der Waals surface area contributed by atoms with Gasteiger partial charge in [-0.25, -0.2) is 8.42 Å². The summed E-state index contributed by atoms with van der Waals surface area (Å²) in [4.78, 5) is 19.7. The van der Waals surface area contributed by atoms with E-state index in [0.29, 0.717) is 37.5 Å². The van der Waals surface area contributed by atoms with Crippen LogP contribution in [0.15, 0.2) is 58.4 Å². The van der Waals surface area contributed by atoms with E-state index in [4.69, 9.17) is 9.47 Å². The lowest BCUT2D eigenvalue weighted by Crippen LogP contribution is -2.36. The van der Waals surface area contributed by atoms with E-state index in [9.17, 15) is 13.2 Å². The molecule has 2 aromatic rings. The fourth-order valence-electron chi connectivity index (χ4n) is 4.44. The highest BCUT2D eigenvalue weighted by atomic mass is 32.2. The van der Waals surface area contributed by atoms with Crippen molar-refractivity contribution in [3.8, 4) is 5.75 Å². The van der Waals surface area contributed by atoms with Crippen LogP contribution >= 0.6 is 0 Å². The van der Waals surface area contributed by atoms with Crippen LogP contribution in [0.4, 0.5) is 0 Å². The highest BCUT2D eigenvalue weighted by molar-refractivity contribution is 7.90. The van der Waals surface area contributed by atoms with Crippen molar-refractivity contribution >= 4 is 21.8 Å². The summed E-state index contributed by atoms with van der Waals surface area (Å²) in [7, 11) is -1.87. The van der Waals surface area contributed by atoms with Gasteiger partial charge in [0, 0.05) is 38.2 Å². The number of fused-ring (bicyclic) bond motifs is 1. The Morgan fingerprint density at radius 3 is 2.83 bits per heavy atom. The number of sulfonamides is 1. The SMILES string of the molecule is COc1cccc(CN(CC2CCCO2)C(=O)CCCCCN=C2NS(=O)(=O)c3ccccc32)c1. The molecule has 188 valence electrons. The summed E-state index contributed by atoms with van der Waals surface area (Å²) in [6.07, 6.45) is 4.95. The molecule has 0 radical (unpaired) electrons. The highest BCUT2D eigenvalue weighted by Crippen LogP contribution is 2.22. The molecule has 0 saturated carbocycles. The van der Waals surface area contributed by atoms with E-state index in [1.54, 1.807) is 31.4 Å². The van der Waals surface area contributed by atoms with Gasteiger partial charge in [0.1, 0.15) is 11.6 Å². The zero-order chi connectivity index (χ0) is 24.7. The Balaban J connectivity index is 1.27. The van der Waals surface area contributed by atoms with E-state index in [1.165, 1.54) is 0 Å². The second kappa shape index (κ2) is 11.7. The zero-order valence-electron chi connectivity index (χ0n) is 20.1. The fourth-order valence-corrected chi connectivity index (χ4v) is 5.70. The summed E-state index contributed by atoms with van der Waals surface area (Å²) in [5.41, 5.74) is 1.65. The topological polar surface area (TPSA) is 97.3 Å². The van der Waals surface area contributed by atoms with Gasteiger partial charge < -0.3 is 14.4 Å². The van der Waals surface area contributed by atoms with Crippen LogP contribution in [0.5, 0.6) is 5.75 Å². The van der Waals surface area contributed by atoms with Gasteiger partial charge in [0.05, 0.1) is 18.1 Å². The van der Waals surface area contributed by atoms with Crippen molar-refractivity contribution in [3.05, 3.63) is 59.7 Å². The molecule has 1 unspecified atom stereocenters. The molecule has 9 heteroatoms. The molecule has 1 fully saturated rings. The van der Waals surface area contributed by atoms with Crippen LogP contribution < -0.4 is 9.46 Å². The van der Waals surface area contributed by atoms with Crippen molar-refractivity contribution in [1.82, 2.24) is 9.62 Å². The summed E-state index contributed by atoms with van der Waals surface area (Å²) in [6, 6.07) is 14.7. The lowest BCUT2D eigenvalue weighted by molar-refractivity contribution is -0.133. The van der Waals surface area contributed by atoms with Gasteiger partial charge in [0.25, 0.3) is 10.0 Å². The van der Waals surface area contributed by atoms with E-state index >= 15 is 0 Å². The maximum atomic E-state index is 13.1. The number of carbonyl (C=O) groups is 1. The van der Waals surface area contributed by atoms with Crippen molar-refractivity contribution in [2.45, 2.75) is 56.1 Å². The first-order chi connectivity index (χ1) is 17.0. The minimum absolute atomic E-state index is 0.0958. The Morgan fingerprint density at radius 1 is 1.17 bits per heavy atom. The highest BCUT2D eigenvalue weighted by Gasteiger charge is 2.30. The van der Waals surface area contributed by atoms with E-state index in [1.807, 2.05) is 29.2 Å². The van der Waals surface area contributed by atoms with Crippen LogP contribution in [0.1, 0.15) is 49.7 Å². The summed E-state index contributed by atoms with van der Waals surface area (Å²) in [6.45, 7) is 2.39. The Bertz CT molecular complexity index is 1160. The maximum absolute atomic E-state index is 13.1. The van der Waals surface area contributed by atoms with Crippen molar-refractivity contribution in [2.24, 2.45) is 4.99 Å². The largest absolute Gasteiger partial charge is 0.497 e. The van der Waals surface area contributed by atoms with Crippen LogP contribution in [0.25, 0.3) is 0 Å². The average Bonchev–Trinajstić information content (AvgIpc) is 3.46. The summed E-state index contributed by atoms with van der Waals surface area (Å²) < 4.78 is 38.0. The maximum Gasteiger partial charge on any atom is 0.263 e. The molecular weight excluding hydrogens is 466 g/mol. The number of unbranched alkanes of at least 4 members (excludes halogenated alkanes) is 2. The summed E-state index contributed by atoms with van der Waals surface area (Å²) in [5, 5.41) is 0. The van der Waals surface area contributed by atoms with E-state index in [2.05, 4.69) is 9.71 Å². The molecule has 2 aliphatic rings. The number of rotatable bonds is 11. The molecule has 2 aromatic carbocycles. The Morgan fingerprint density at radius 2 is 2.03 bits per heavy atom. The number of benzene rings is 2. The summed E-state index contributed by atoms with van der Waals surface area (Å²) >= 11 is 0. The van der Waals surface area contributed by atoms with Crippen LogP contribution in [0.2, 0.25) is 0 Å². The van der Waals surface area contributed by atoms with Crippen LogP contribution in [-0.4, -0.2) is 58.0 Å². The number of nitrogens with one attached hydrogen (secondary N) is 1. The third-order valence-corrected chi connectivity index (χ3v) is 7.69. The van der Waals surface area contributed by atoms with Gasteiger partial charge in [-0.1, -0.05) is 30.7 Å². The van der Waals surface area contributed by atoms with Crippen molar-refractivity contribution in [1.29, 1.82) is 0 Å². The Hall–Kier alpha value is -2.91. The van der Waals surface area contributed by atoms with Gasteiger partial charge in [0.2, 0.25) is 5.91 Å². The fraction of sp³-hybridized carbons (Fsp3) is 0.462. The number of amides is 1. The number of carbonyl (C=O) groups excluding carboxylic acids is 1. The minimum Gasteiger partial charge on any atom is -0.497 e. The molecule has 1 saturated heterocycles.